The van der Waals surface area contributed by atoms with Gasteiger partial charge in [0, 0.05) is 6.42 Å². The standard InChI is InChI=1S/C20H22O3/c21-19(17-11-13-6-7-14(17)10-13)23-20(15-4-2-1-3-5-15)12-16-8-9-18(20)22-16/h1-7,13-14,16-18H,8-12H2. The minimum absolute atomic E-state index is 0.0122. The molecule has 2 aliphatic heterocycles. The molecule has 2 saturated heterocycles. The number of allylic oxidation sites excluding steroid dienone is 2. The predicted molar refractivity (Wildman–Crippen MR) is 85.6 cm³/mol. The SMILES string of the molecule is O=C(OC1(c2ccccc2)CC2CCC1O2)C1CC2C=CC1C2. The van der Waals surface area contributed by atoms with Crippen molar-refractivity contribution in [2.45, 2.75) is 49.9 Å². The Bertz CT molecular complexity index is 652. The van der Waals surface area contributed by atoms with Crippen molar-refractivity contribution in [3.63, 3.8) is 0 Å². The molecule has 3 nitrogen and oxygen atoms in total. The molecule has 3 fully saturated rings. The molecule has 6 atom stereocenters. The Hall–Kier alpha value is -1.61. The molecule has 4 bridgehead atoms. The normalized spacial score (nSPS) is 43.2. The minimum atomic E-state index is -0.563. The Labute approximate surface area is 136 Å². The molecule has 3 heteroatoms. The maximum Gasteiger partial charge on any atom is 0.310 e. The van der Waals surface area contributed by atoms with Crippen molar-refractivity contribution in [1.82, 2.24) is 0 Å². The first-order valence-electron chi connectivity index (χ1n) is 8.87. The fourth-order valence-electron chi connectivity index (χ4n) is 5.17. The molecule has 1 aromatic rings. The summed E-state index contributed by atoms with van der Waals surface area (Å²) in [6.07, 6.45) is 9.72. The lowest BCUT2D eigenvalue weighted by molar-refractivity contribution is -0.173. The van der Waals surface area contributed by atoms with Gasteiger partial charge in [-0.05, 0) is 43.1 Å². The van der Waals surface area contributed by atoms with Gasteiger partial charge in [-0.3, -0.25) is 4.79 Å². The van der Waals surface area contributed by atoms with Crippen LogP contribution in [-0.4, -0.2) is 18.2 Å². The van der Waals surface area contributed by atoms with Crippen LogP contribution in [0.5, 0.6) is 0 Å². The largest absolute Gasteiger partial charge is 0.451 e. The first-order chi connectivity index (χ1) is 11.2. The van der Waals surface area contributed by atoms with Crippen LogP contribution in [0.15, 0.2) is 42.5 Å². The third kappa shape index (κ3) is 2.02. The van der Waals surface area contributed by atoms with Gasteiger partial charge in [-0.25, -0.2) is 0 Å². The number of fused-ring (bicyclic) bond motifs is 4. The summed E-state index contributed by atoms with van der Waals surface area (Å²) in [6, 6.07) is 10.2. The zero-order valence-electron chi connectivity index (χ0n) is 13.2. The molecule has 6 unspecified atom stereocenters. The molecule has 23 heavy (non-hydrogen) atoms. The highest BCUT2D eigenvalue weighted by Gasteiger charge is 2.57. The van der Waals surface area contributed by atoms with Crippen LogP contribution in [0.1, 0.15) is 37.7 Å². The average molecular weight is 310 g/mol. The Kier molecular flexibility index (Phi) is 2.96. The molecule has 0 N–H and O–H groups in total. The van der Waals surface area contributed by atoms with Gasteiger partial charge < -0.3 is 9.47 Å². The fourth-order valence-corrected chi connectivity index (χ4v) is 5.17. The third-order valence-electron chi connectivity index (χ3n) is 6.29. The van der Waals surface area contributed by atoms with Crippen LogP contribution in [-0.2, 0) is 19.9 Å². The van der Waals surface area contributed by atoms with Gasteiger partial charge in [-0.2, -0.15) is 0 Å². The summed E-state index contributed by atoms with van der Waals surface area (Å²) in [5, 5.41) is 0. The van der Waals surface area contributed by atoms with Gasteiger partial charge in [-0.1, -0.05) is 42.5 Å². The van der Waals surface area contributed by atoms with Gasteiger partial charge in [-0.15, -0.1) is 0 Å². The number of benzene rings is 1. The molecule has 0 spiro atoms. The van der Waals surface area contributed by atoms with E-state index >= 15 is 0 Å². The van der Waals surface area contributed by atoms with E-state index in [1.54, 1.807) is 0 Å². The van der Waals surface area contributed by atoms with Crippen LogP contribution in [0.25, 0.3) is 0 Å². The number of hydrogen-bond acceptors (Lipinski definition) is 3. The Morgan fingerprint density at radius 2 is 2.00 bits per heavy atom. The van der Waals surface area contributed by atoms with Crippen molar-refractivity contribution in [2.75, 3.05) is 0 Å². The third-order valence-corrected chi connectivity index (χ3v) is 6.29. The van der Waals surface area contributed by atoms with Gasteiger partial charge >= 0.3 is 5.97 Å². The number of carbonyl (C=O) groups excluding carboxylic acids is 1. The van der Waals surface area contributed by atoms with E-state index < -0.39 is 5.60 Å². The molecule has 120 valence electrons. The van der Waals surface area contributed by atoms with Crippen molar-refractivity contribution in [3.8, 4) is 0 Å². The van der Waals surface area contributed by atoms with E-state index in [9.17, 15) is 4.79 Å². The smallest absolute Gasteiger partial charge is 0.310 e. The maximum absolute atomic E-state index is 12.9. The van der Waals surface area contributed by atoms with Gasteiger partial charge in [0.25, 0.3) is 0 Å². The monoisotopic (exact) mass is 310 g/mol. The first-order valence-corrected chi connectivity index (χ1v) is 8.87. The van der Waals surface area contributed by atoms with Gasteiger partial charge in [0.2, 0.25) is 0 Å². The van der Waals surface area contributed by atoms with Gasteiger partial charge in [0.15, 0.2) is 5.60 Å². The summed E-state index contributed by atoms with van der Waals surface area (Å²) in [4.78, 5) is 12.9. The van der Waals surface area contributed by atoms with E-state index in [1.165, 1.54) is 0 Å². The van der Waals surface area contributed by atoms with Gasteiger partial charge in [0.1, 0.15) is 6.10 Å². The number of rotatable bonds is 3. The molecule has 4 aliphatic rings. The summed E-state index contributed by atoms with van der Waals surface area (Å²) >= 11 is 0. The molecule has 0 aromatic heterocycles. The molecular weight excluding hydrogens is 288 g/mol. The number of carbonyl (C=O) groups is 1. The van der Waals surface area contributed by atoms with E-state index in [4.69, 9.17) is 9.47 Å². The zero-order valence-corrected chi connectivity index (χ0v) is 13.2. The lowest BCUT2D eigenvalue weighted by Crippen LogP contribution is -2.43. The molecule has 5 rings (SSSR count). The highest BCUT2D eigenvalue weighted by molar-refractivity contribution is 5.75. The van der Waals surface area contributed by atoms with Crippen LogP contribution >= 0.6 is 0 Å². The van der Waals surface area contributed by atoms with Crippen molar-refractivity contribution in [2.24, 2.45) is 17.8 Å². The summed E-state index contributed by atoms with van der Waals surface area (Å²) < 4.78 is 12.3. The second kappa shape index (κ2) is 4.94. The topological polar surface area (TPSA) is 35.5 Å². The van der Waals surface area contributed by atoms with Crippen LogP contribution in [0, 0.1) is 17.8 Å². The van der Waals surface area contributed by atoms with Crippen molar-refractivity contribution in [3.05, 3.63) is 48.0 Å². The van der Waals surface area contributed by atoms with Crippen LogP contribution in [0.2, 0.25) is 0 Å². The molecular formula is C20H22O3. The Morgan fingerprint density at radius 1 is 1.13 bits per heavy atom. The molecule has 2 aliphatic carbocycles. The van der Waals surface area contributed by atoms with E-state index in [2.05, 4.69) is 24.3 Å². The predicted octanol–water partition coefficient (Wildman–Crippen LogP) is 3.59. The van der Waals surface area contributed by atoms with E-state index in [0.717, 1.165) is 37.7 Å². The Morgan fingerprint density at radius 3 is 2.61 bits per heavy atom. The summed E-state index contributed by atoms with van der Waals surface area (Å²) in [6.45, 7) is 0. The molecule has 1 saturated carbocycles. The van der Waals surface area contributed by atoms with Crippen LogP contribution < -0.4 is 0 Å². The van der Waals surface area contributed by atoms with Crippen molar-refractivity contribution < 1.29 is 14.3 Å². The summed E-state index contributed by atoms with van der Waals surface area (Å²) in [7, 11) is 0. The Balaban J connectivity index is 1.45. The highest BCUT2D eigenvalue weighted by atomic mass is 16.6. The number of esters is 1. The second-order valence-electron chi connectivity index (χ2n) is 7.59. The first kappa shape index (κ1) is 13.8. The van der Waals surface area contributed by atoms with Crippen molar-refractivity contribution >= 4 is 5.97 Å². The van der Waals surface area contributed by atoms with Crippen LogP contribution in [0.4, 0.5) is 0 Å². The lowest BCUT2D eigenvalue weighted by atomic mass is 9.79. The average Bonchev–Trinajstić information content (AvgIpc) is 3.36. The van der Waals surface area contributed by atoms with E-state index in [1.807, 2.05) is 18.2 Å². The number of hydrogen-bond donors (Lipinski definition) is 0. The second-order valence-corrected chi connectivity index (χ2v) is 7.59. The quantitative estimate of drug-likeness (QED) is 0.632. The highest BCUT2D eigenvalue weighted by Crippen LogP contribution is 2.52. The van der Waals surface area contributed by atoms with Crippen LogP contribution in [0.3, 0.4) is 0 Å². The number of ether oxygens (including phenoxy) is 2. The van der Waals surface area contributed by atoms with Gasteiger partial charge in [0.05, 0.1) is 12.0 Å². The molecule has 0 radical (unpaired) electrons. The minimum Gasteiger partial charge on any atom is -0.451 e. The summed E-state index contributed by atoms with van der Waals surface area (Å²) in [5.41, 5.74) is 0.534. The van der Waals surface area contributed by atoms with E-state index in [0.29, 0.717) is 11.8 Å². The molecule has 1 aromatic carbocycles. The van der Waals surface area contributed by atoms with E-state index in [-0.39, 0.29) is 24.1 Å². The maximum atomic E-state index is 12.9. The lowest BCUT2D eigenvalue weighted by Gasteiger charge is -2.36. The zero-order chi connectivity index (χ0) is 15.4. The fraction of sp³-hybridized carbons (Fsp3) is 0.550. The molecule has 0 amide bonds. The molecule has 2 heterocycles. The summed E-state index contributed by atoms with van der Waals surface area (Å²) in [5.74, 6) is 1.01. The van der Waals surface area contributed by atoms with Crippen molar-refractivity contribution in [1.29, 1.82) is 0 Å².